The summed E-state index contributed by atoms with van der Waals surface area (Å²) < 4.78 is 43.6. The number of hydrogen-bond acceptors (Lipinski definition) is 4. The van der Waals surface area contributed by atoms with Gasteiger partial charge in [0.2, 0.25) is 0 Å². The summed E-state index contributed by atoms with van der Waals surface area (Å²) in [6.07, 6.45) is -0.817. The third-order valence-corrected chi connectivity index (χ3v) is 6.10. The van der Waals surface area contributed by atoms with Crippen LogP contribution < -0.4 is 5.32 Å². The first-order valence-electron chi connectivity index (χ1n) is 9.93. The van der Waals surface area contributed by atoms with Crippen molar-refractivity contribution in [3.05, 3.63) is 29.2 Å². The van der Waals surface area contributed by atoms with Crippen LogP contribution in [0, 0.1) is 6.92 Å². The fraction of sp³-hybridized carbons (Fsp3) is 0.632. The van der Waals surface area contributed by atoms with Crippen molar-refractivity contribution in [3.8, 4) is 0 Å². The van der Waals surface area contributed by atoms with Gasteiger partial charge in [0.05, 0.1) is 23.5 Å². The highest BCUT2D eigenvalue weighted by Crippen LogP contribution is 2.42. The lowest BCUT2D eigenvalue weighted by Gasteiger charge is -2.32. The molecule has 10 heteroatoms. The zero-order chi connectivity index (χ0) is 20.9. The minimum Gasteiger partial charge on any atom is -0.367 e. The molecule has 1 fully saturated rings. The van der Waals surface area contributed by atoms with Crippen molar-refractivity contribution in [2.45, 2.75) is 63.8 Å². The Morgan fingerprint density at radius 3 is 2.76 bits per heavy atom. The molecule has 2 aromatic heterocycles. The van der Waals surface area contributed by atoms with Crippen molar-refractivity contribution < 1.29 is 18.0 Å². The van der Waals surface area contributed by atoms with Crippen LogP contribution in [0.3, 0.4) is 0 Å². The van der Waals surface area contributed by atoms with Crippen LogP contribution in [0.1, 0.15) is 66.4 Å². The fourth-order valence-corrected chi connectivity index (χ4v) is 4.28. The number of nitrogens with zero attached hydrogens (tertiary/aromatic N) is 5. The van der Waals surface area contributed by atoms with E-state index in [1.807, 2.05) is 13.8 Å². The zero-order valence-corrected chi connectivity index (χ0v) is 16.7. The van der Waals surface area contributed by atoms with E-state index in [0.717, 1.165) is 16.8 Å². The first-order chi connectivity index (χ1) is 13.7. The summed E-state index contributed by atoms with van der Waals surface area (Å²) in [4.78, 5) is 14.8. The molecule has 0 bridgehead atoms. The number of fused-ring (bicyclic) bond motifs is 1. The SMILES string of the molecule is CC[C@@H]1C[C@H](C(F)(F)F)n2nc(C3CCCN3C(=O)c3cnn(C)c3C)cc2N1. The summed E-state index contributed by atoms with van der Waals surface area (Å²) in [5.74, 6) is 0.216. The molecule has 0 saturated carbocycles. The quantitative estimate of drug-likeness (QED) is 0.840. The van der Waals surface area contributed by atoms with Crippen LogP contribution in [0.25, 0.3) is 0 Å². The minimum atomic E-state index is -4.37. The molecule has 1 N–H and O–H groups in total. The number of rotatable bonds is 3. The first kappa shape index (κ1) is 19.8. The number of nitrogens with one attached hydrogen (secondary N) is 1. The predicted octanol–water partition coefficient (Wildman–Crippen LogP) is 3.60. The van der Waals surface area contributed by atoms with Crippen LogP contribution in [0.2, 0.25) is 0 Å². The fourth-order valence-electron chi connectivity index (χ4n) is 4.28. The van der Waals surface area contributed by atoms with Crippen molar-refractivity contribution in [1.82, 2.24) is 24.5 Å². The monoisotopic (exact) mass is 410 g/mol. The summed E-state index contributed by atoms with van der Waals surface area (Å²) in [6, 6.07) is -0.565. The second-order valence-electron chi connectivity index (χ2n) is 7.87. The van der Waals surface area contributed by atoms with Gasteiger partial charge in [-0.2, -0.15) is 23.4 Å². The number of likely N-dealkylation sites (tertiary alicyclic amines) is 1. The Kier molecular flexibility index (Phi) is 4.82. The molecule has 0 aromatic carbocycles. The van der Waals surface area contributed by atoms with E-state index in [-0.39, 0.29) is 24.4 Å². The molecule has 1 unspecified atom stereocenters. The Morgan fingerprint density at radius 2 is 2.14 bits per heavy atom. The largest absolute Gasteiger partial charge is 0.410 e. The van der Waals surface area contributed by atoms with E-state index >= 15 is 0 Å². The van der Waals surface area contributed by atoms with Gasteiger partial charge >= 0.3 is 6.18 Å². The summed E-state index contributed by atoms with van der Waals surface area (Å²) in [6.45, 7) is 4.24. The van der Waals surface area contributed by atoms with Crippen molar-refractivity contribution >= 4 is 11.7 Å². The molecule has 4 heterocycles. The van der Waals surface area contributed by atoms with E-state index in [4.69, 9.17) is 0 Å². The topological polar surface area (TPSA) is 68.0 Å². The van der Waals surface area contributed by atoms with Crippen LogP contribution in [0.15, 0.2) is 12.3 Å². The maximum atomic E-state index is 13.6. The van der Waals surface area contributed by atoms with E-state index in [2.05, 4.69) is 15.5 Å². The van der Waals surface area contributed by atoms with Crippen molar-refractivity contribution in [1.29, 1.82) is 0 Å². The van der Waals surface area contributed by atoms with Crippen LogP contribution in [-0.4, -0.2) is 49.1 Å². The number of amides is 1. The second kappa shape index (κ2) is 7.07. The van der Waals surface area contributed by atoms with Crippen LogP contribution in [-0.2, 0) is 7.05 Å². The Morgan fingerprint density at radius 1 is 1.38 bits per heavy atom. The summed E-state index contributed by atoms with van der Waals surface area (Å²) in [5, 5.41) is 11.6. The predicted molar refractivity (Wildman–Crippen MR) is 101 cm³/mol. The van der Waals surface area contributed by atoms with Gasteiger partial charge in [-0.25, -0.2) is 4.68 Å². The third-order valence-electron chi connectivity index (χ3n) is 6.10. The number of carbonyl (C=O) groups is 1. The average Bonchev–Trinajstić information content (AvgIpc) is 3.38. The minimum absolute atomic E-state index is 0.0453. The molecule has 0 aliphatic carbocycles. The third kappa shape index (κ3) is 3.38. The number of carbonyl (C=O) groups excluding carboxylic acids is 1. The molecule has 0 radical (unpaired) electrons. The van der Waals surface area contributed by atoms with Gasteiger partial charge in [0, 0.05) is 31.4 Å². The highest BCUT2D eigenvalue weighted by molar-refractivity contribution is 5.95. The van der Waals surface area contributed by atoms with E-state index < -0.39 is 12.2 Å². The number of halogens is 3. The van der Waals surface area contributed by atoms with E-state index in [9.17, 15) is 18.0 Å². The van der Waals surface area contributed by atoms with Gasteiger partial charge in [0.25, 0.3) is 5.91 Å². The number of anilines is 1. The first-order valence-corrected chi connectivity index (χ1v) is 9.93. The van der Waals surface area contributed by atoms with Gasteiger partial charge in [-0.15, -0.1) is 0 Å². The number of aryl methyl sites for hydroxylation is 1. The summed E-state index contributed by atoms with van der Waals surface area (Å²) >= 11 is 0. The van der Waals surface area contributed by atoms with E-state index in [0.29, 0.717) is 36.5 Å². The molecular weight excluding hydrogens is 385 g/mol. The number of alkyl halides is 3. The molecule has 1 amide bonds. The number of aromatic nitrogens is 4. The average molecular weight is 410 g/mol. The molecule has 4 rings (SSSR count). The Labute approximate surface area is 166 Å². The van der Waals surface area contributed by atoms with Gasteiger partial charge in [-0.05, 0) is 32.6 Å². The van der Waals surface area contributed by atoms with Crippen LogP contribution in [0.5, 0.6) is 0 Å². The van der Waals surface area contributed by atoms with Gasteiger partial charge in [0.1, 0.15) is 5.82 Å². The van der Waals surface area contributed by atoms with Crippen molar-refractivity contribution in [2.24, 2.45) is 7.05 Å². The van der Waals surface area contributed by atoms with Crippen LogP contribution >= 0.6 is 0 Å². The van der Waals surface area contributed by atoms with E-state index in [1.54, 1.807) is 28.9 Å². The highest BCUT2D eigenvalue weighted by atomic mass is 19.4. The lowest BCUT2D eigenvalue weighted by atomic mass is 10.0. The van der Waals surface area contributed by atoms with E-state index in [1.165, 1.54) is 0 Å². The molecule has 158 valence electrons. The Bertz CT molecular complexity index is 918. The molecule has 2 aliphatic rings. The normalized spacial score (nSPS) is 24.5. The zero-order valence-electron chi connectivity index (χ0n) is 16.7. The smallest absolute Gasteiger partial charge is 0.367 e. The molecule has 2 aromatic rings. The molecule has 29 heavy (non-hydrogen) atoms. The lowest BCUT2D eigenvalue weighted by Crippen LogP contribution is -2.39. The second-order valence-corrected chi connectivity index (χ2v) is 7.87. The maximum absolute atomic E-state index is 13.6. The molecular formula is C19H25F3N6O. The summed E-state index contributed by atoms with van der Waals surface area (Å²) in [5.41, 5.74) is 1.78. The van der Waals surface area contributed by atoms with Crippen molar-refractivity contribution in [3.63, 3.8) is 0 Å². The number of hydrogen-bond donors (Lipinski definition) is 1. The van der Waals surface area contributed by atoms with Crippen LogP contribution in [0.4, 0.5) is 19.0 Å². The molecule has 1 saturated heterocycles. The Hall–Kier alpha value is -2.52. The molecule has 7 nitrogen and oxygen atoms in total. The molecule has 0 spiro atoms. The van der Waals surface area contributed by atoms with Gasteiger partial charge < -0.3 is 10.2 Å². The van der Waals surface area contributed by atoms with Crippen molar-refractivity contribution in [2.75, 3.05) is 11.9 Å². The van der Waals surface area contributed by atoms with Gasteiger partial charge in [0.15, 0.2) is 6.04 Å². The molecule has 3 atom stereocenters. The highest BCUT2D eigenvalue weighted by Gasteiger charge is 2.46. The maximum Gasteiger partial charge on any atom is 0.410 e. The van der Waals surface area contributed by atoms with Gasteiger partial charge in [-0.3, -0.25) is 9.48 Å². The van der Waals surface area contributed by atoms with Gasteiger partial charge in [-0.1, -0.05) is 6.92 Å². The lowest BCUT2D eigenvalue weighted by molar-refractivity contribution is -0.173. The summed E-state index contributed by atoms with van der Waals surface area (Å²) in [7, 11) is 1.77. The standard InChI is InChI=1S/C19H25F3N6O/c1-4-12-8-16(19(20,21)22)28-17(24-12)9-14(25-28)15-6-5-7-27(15)18(29)13-10-23-26(3)11(13)2/h9-10,12,15-16,24H,4-8H2,1-3H3/t12-,15?,16-/m1/s1. The Balaban J connectivity index is 1.66. The molecule has 2 aliphatic heterocycles.